The Morgan fingerprint density at radius 2 is 1.97 bits per heavy atom. The quantitative estimate of drug-likeness (QED) is 0.253. The van der Waals surface area contributed by atoms with Crippen molar-refractivity contribution in [1.82, 2.24) is 4.98 Å². The number of aliphatic hydroxyl groups is 1. The number of hydrogen-bond donors (Lipinski definition) is 1. The molecule has 160 valence electrons. The fraction of sp³-hybridized carbons (Fsp3) is 0.0870. The van der Waals surface area contributed by atoms with Crippen LogP contribution < -0.4 is 9.64 Å². The Hall–Kier alpha value is -3.62. The van der Waals surface area contributed by atoms with Crippen molar-refractivity contribution in [2.45, 2.75) is 6.04 Å². The van der Waals surface area contributed by atoms with Gasteiger partial charge in [-0.25, -0.2) is 4.98 Å². The van der Waals surface area contributed by atoms with Gasteiger partial charge in [0, 0.05) is 10.6 Å². The van der Waals surface area contributed by atoms with Gasteiger partial charge in [0.05, 0.1) is 29.2 Å². The summed E-state index contributed by atoms with van der Waals surface area (Å²) in [7, 11) is 1.53. The number of hydrogen-bond acceptors (Lipinski definition) is 7. The molecule has 1 saturated heterocycles. The Balaban J connectivity index is 1.68. The Labute approximate surface area is 191 Å². The van der Waals surface area contributed by atoms with E-state index in [4.69, 9.17) is 20.8 Å². The summed E-state index contributed by atoms with van der Waals surface area (Å²) in [6.07, 6.45) is 1.45. The lowest BCUT2D eigenvalue weighted by Gasteiger charge is -2.20. The van der Waals surface area contributed by atoms with E-state index in [1.807, 2.05) is 0 Å². The molecule has 1 unspecified atom stereocenters. The Kier molecular flexibility index (Phi) is 4.96. The van der Waals surface area contributed by atoms with Crippen LogP contribution in [0.25, 0.3) is 16.0 Å². The minimum Gasteiger partial charge on any atom is -0.507 e. The molecular weight excluding hydrogens is 452 g/mol. The van der Waals surface area contributed by atoms with Crippen molar-refractivity contribution in [3.8, 4) is 5.75 Å². The number of halogens is 1. The van der Waals surface area contributed by atoms with E-state index in [1.54, 1.807) is 54.6 Å². The Bertz CT molecular complexity index is 1380. The van der Waals surface area contributed by atoms with Gasteiger partial charge in [-0.15, -0.1) is 0 Å². The van der Waals surface area contributed by atoms with Crippen molar-refractivity contribution in [2.24, 2.45) is 0 Å². The van der Waals surface area contributed by atoms with E-state index >= 15 is 0 Å². The molecule has 3 heterocycles. The van der Waals surface area contributed by atoms with Gasteiger partial charge in [-0.1, -0.05) is 22.9 Å². The molecule has 2 aromatic heterocycles. The molecule has 32 heavy (non-hydrogen) atoms. The number of nitrogens with zero attached hydrogens (tertiary/aromatic N) is 2. The lowest BCUT2D eigenvalue weighted by molar-refractivity contribution is -0.132. The first-order valence-corrected chi connectivity index (χ1v) is 10.7. The summed E-state index contributed by atoms with van der Waals surface area (Å²) in [5.74, 6) is -1.00. The predicted molar refractivity (Wildman–Crippen MR) is 121 cm³/mol. The second-order valence-corrected chi connectivity index (χ2v) is 8.47. The van der Waals surface area contributed by atoms with Crippen LogP contribution in [0.15, 0.2) is 70.9 Å². The third kappa shape index (κ3) is 3.24. The summed E-state index contributed by atoms with van der Waals surface area (Å²) >= 11 is 7.31. The third-order valence-electron chi connectivity index (χ3n) is 5.17. The number of amides is 1. The van der Waals surface area contributed by atoms with Crippen LogP contribution in [0.5, 0.6) is 5.75 Å². The maximum Gasteiger partial charge on any atom is 0.302 e. The van der Waals surface area contributed by atoms with Gasteiger partial charge in [-0.2, -0.15) is 0 Å². The number of aliphatic hydroxyl groups excluding tert-OH is 1. The lowest BCUT2D eigenvalue weighted by atomic mass is 9.99. The number of anilines is 1. The van der Waals surface area contributed by atoms with Gasteiger partial charge in [0.2, 0.25) is 0 Å². The standard InChI is InChI=1S/C23H15ClN2O5S/c1-30-14-7-4-12(5-8-14)20(27)18-19(16-3-2-10-31-16)26(22(29)21(18)28)23-25-15-9-6-13(24)11-17(15)32-23/h2-11,19,27H,1H3/b20-18+. The van der Waals surface area contributed by atoms with Gasteiger partial charge in [-0.05, 0) is 54.6 Å². The van der Waals surface area contributed by atoms with E-state index in [-0.39, 0.29) is 11.3 Å². The average molecular weight is 467 g/mol. The molecule has 0 saturated carbocycles. The van der Waals surface area contributed by atoms with Gasteiger partial charge < -0.3 is 14.3 Å². The normalized spacial score (nSPS) is 17.9. The number of thiazole rings is 1. The maximum atomic E-state index is 13.1. The monoisotopic (exact) mass is 466 g/mol. The van der Waals surface area contributed by atoms with E-state index in [1.165, 1.54) is 29.6 Å². The molecule has 9 heteroatoms. The van der Waals surface area contributed by atoms with Crippen LogP contribution in [0.2, 0.25) is 5.02 Å². The number of methoxy groups -OCH3 is 1. The van der Waals surface area contributed by atoms with E-state index in [0.717, 1.165) is 4.70 Å². The minimum absolute atomic E-state index is 0.0765. The number of carbonyl (C=O) groups excluding carboxylic acids is 2. The van der Waals surface area contributed by atoms with Gasteiger partial charge in [0.1, 0.15) is 23.3 Å². The molecule has 0 spiro atoms. The molecule has 2 aromatic carbocycles. The molecule has 1 amide bonds. The van der Waals surface area contributed by atoms with Crippen molar-refractivity contribution >= 4 is 55.7 Å². The fourth-order valence-electron chi connectivity index (χ4n) is 3.64. The second-order valence-electron chi connectivity index (χ2n) is 7.02. The van der Waals surface area contributed by atoms with Crippen LogP contribution in [0.1, 0.15) is 17.4 Å². The summed E-state index contributed by atoms with van der Waals surface area (Å²) < 4.78 is 11.5. The number of fused-ring (bicyclic) bond motifs is 1. The van der Waals surface area contributed by atoms with Gasteiger partial charge in [0.25, 0.3) is 5.78 Å². The molecule has 1 aliphatic rings. The summed E-state index contributed by atoms with van der Waals surface area (Å²) in [5.41, 5.74) is 0.938. The van der Waals surface area contributed by atoms with Crippen LogP contribution in [0.4, 0.5) is 5.13 Å². The molecule has 1 fully saturated rings. The van der Waals surface area contributed by atoms with E-state index in [9.17, 15) is 14.7 Å². The largest absolute Gasteiger partial charge is 0.507 e. The van der Waals surface area contributed by atoms with Gasteiger partial charge >= 0.3 is 5.91 Å². The molecule has 1 N–H and O–H groups in total. The average Bonchev–Trinajstić information content (AvgIpc) is 3.52. The third-order valence-corrected chi connectivity index (χ3v) is 6.42. The molecule has 0 bridgehead atoms. The fourth-order valence-corrected chi connectivity index (χ4v) is 4.91. The lowest BCUT2D eigenvalue weighted by Crippen LogP contribution is -2.29. The topological polar surface area (TPSA) is 92.9 Å². The number of aromatic nitrogens is 1. The maximum absolute atomic E-state index is 13.1. The summed E-state index contributed by atoms with van der Waals surface area (Å²) in [6.45, 7) is 0. The van der Waals surface area contributed by atoms with Crippen LogP contribution in [0, 0.1) is 0 Å². The highest BCUT2D eigenvalue weighted by atomic mass is 35.5. The molecule has 1 aliphatic heterocycles. The number of carbonyl (C=O) groups is 2. The minimum atomic E-state index is -0.969. The number of ether oxygens (including phenoxy) is 1. The van der Waals surface area contributed by atoms with Crippen LogP contribution >= 0.6 is 22.9 Å². The summed E-state index contributed by atoms with van der Waals surface area (Å²) in [4.78, 5) is 32.0. The Morgan fingerprint density at radius 3 is 2.66 bits per heavy atom. The highest BCUT2D eigenvalue weighted by Gasteiger charge is 2.49. The molecule has 0 aliphatic carbocycles. The molecule has 5 rings (SSSR count). The van der Waals surface area contributed by atoms with Crippen molar-refractivity contribution in [1.29, 1.82) is 0 Å². The molecule has 4 aromatic rings. The number of rotatable bonds is 4. The number of ketones is 1. The highest BCUT2D eigenvalue weighted by Crippen LogP contribution is 2.44. The Morgan fingerprint density at radius 1 is 1.19 bits per heavy atom. The van der Waals surface area contributed by atoms with Crippen LogP contribution in [-0.2, 0) is 9.59 Å². The summed E-state index contributed by atoms with van der Waals surface area (Å²) in [6, 6.07) is 14.1. The van der Waals surface area contributed by atoms with Crippen molar-refractivity contribution < 1.29 is 23.8 Å². The first kappa shape index (κ1) is 20.3. The zero-order valence-corrected chi connectivity index (χ0v) is 18.2. The van der Waals surface area contributed by atoms with Crippen molar-refractivity contribution in [3.63, 3.8) is 0 Å². The molecule has 1 atom stereocenters. The number of furan rings is 1. The number of Topliss-reactive ketones (excluding diaryl/α,β-unsaturated/α-hetero) is 1. The van der Waals surface area contributed by atoms with E-state index < -0.39 is 17.7 Å². The second kappa shape index (κ2) is 7.81. The molecular formula is C23H15ClN2O5S. The zero-order valence-electron chi connectivity index (χ0n) is 16.6. The predicted octanol–water partition coefficient (Wildman–Crippen LogP) is 5.18. The first-order valence-electron chi connectivity index (χ1n) is 9.53. The van der Waals surface area contributed by atoms with E-state index in [0.29, 0.717) is 32.7 Å². The van der Waals surface area contributed by atoms with Gasteiger partial charge in [-0.3, -0.25) is 14.5 Å². The smallest absolute Gasteiger partial charge is 0.302 e. The first-order chi connectivity index (χ1) is 15.5. The van der Waals surface area contributed by atoms with E-state index in [2.05, 4.69) is 4.98 Å². The van der Waals surface area contributed by atoms with Crippen LogP contribution in [-0.4, -0.2) is 28.9 Å². The molecule has 0 radical (unpaired) electrons. The van der Waals surface area contributed by atoms with Crippen molar-refractivity contribution in [2.75, 3.05) is 12.0 Å². The number of benzene rings is 2. The SMILES string of the molecule is COc1ccc(/C(O)=C2\C(=O)C(=O)N(c3nc4ccc(Cl)cc4s3)C2c2ccco2)cc1. The molecule has 7 nitrogen and oxygen atoms in total. The van der Waals surface area contributed by atoms with Crippen molar-refractivity contribution in [3.05, 3.63) is 82.8 Å². The van der Waals surface area contributed by atoms with Gasteiger partial charge in [0.15, 0.2) is 5.13 Å². The highest BCUT2D eigenvalue weighted by molar-refractivity contribution is 7.22. The van der Waals surface area contributed by atoms with Crippen LogP contribution in [0.3, 0.4) is 0 Å². The summed E-state index contributed by atoms with van der Waals surface area (Å²) in [5, 5.41) is 11.9. The zero-order chi connectivity index (χ0) is 22.4.